The summed E-state index contributed by atoms with van der Waals surface area (Å²) in [7, 11) is 1.85. The van der Waals surface area contributed by atoms with E-state index in [1.807, 2.05) is 38.8 Å². The molecule has 0 fully saturated rings. The quantitative estimate of drug-likeness (QED) is 0.678. The van der Waals surface area contributed by atoms with Crippen molar-refractivity contribution >= 4 is 5.97 Å². The first-order valence-electron chi connectivity index (χ1n) is 5.52. The lowest BCUT2D eigenvalue weighted by molar-refractivity contribution is -0.150. The Morgan fingerprint density at radius 3 is 2.75 bits per heavy atom. The van der Waals surface area contributed by atoms with E-state index in [4.69, 9.17) is 4.74 Å². The van der Waals surface area contributed by atoms with Crippen molar-refractivity contribution in [3.8, 4) is 0 Å². The van der Waals surface area contributed by atoms with E-state index in [0.717, 1.165) is 0 Å². The molecule has 1 aliphatic rings. The summed E-state index contributed by atoms with van der Waals surface area (Å²) in [5, 5.41) is 0. The van der Waals surface area contributed by atoms with Gasteiger partial charge in [0.1, 0.15) is 12.3 Å². The number of hydrogen-bond donors (Lipinski definition) is 0. The van der Waals surface area contributed by atoms with Crippen molar-refractivity contribution < 1.29 is 13.9 Å². The van der Waals surface area contributed by atoms with Gasteiger partial charge in [0.15, 0.2) is 0 Å². The van der Waals surface area contributed by atoms with Crippen LogP contribution in [0.5, 0.6) is 0 Å². The fraction of sp³-hybridized carbons (Fsp3) is 0.750. The van der Waals surface area contributed by atoms with Gasteiger partial charge in [-0.15, -0.1) is 0 Å². The van der Waals surface area contributed by atoms with Crippen molar-refractivity contribution in [3.05, 3.63) is 11.6 Å². The Morgan fingerprint density at radius 2 is 2.25 bits per heavy atom. The second kappa shape index (κ2) is 4.95. The van der Waals surface area contributed by atoms with Crippen molar-refractivity contribution in [2.45, 2.75) is 38.8 Å². The lowest BCUT2D eigenvalue weighted by Gasteiger charge is -2.30. The zero-order chi connectivity index (χ0) is 12.3. The molecule has 0 aromatic heterocycles. The predicted octanol–water partition coefficient (Wildman–Crippen LogP) is 1.93. The third kappa shape index (κ3) is 3.59. The SMILES string of the molecule is CN1CC=C(C(=O)OC(C)(C)C)C[C@H]1CF. The van der Waals surface area contributed by atoms with Crippen molar-refractivity contribution in [2.75, 3.05) is 20.3 Å². The molecule has 0 aliphatic carbocycles. The van der Waals surface area contributed by atoms with Crippen LogP contribution in [0.25, 0.3) is 0 Å². The number of rotatable bonds is 2. The van der Waals surface area contributed by atoms with Gasteiger partial charge in [0.05, 0.1) is 0 Å². The third-order valence-electron chi connectivity index (χ3n) is 2.54. The average molecular weight is 229 g/mol. The van der Waals surface area contributed by atoms with Gasteiger partial charge < -0.3 is 4.74 Å². The summed E-state index contributed by atoms with van der Waals surface area (Å²) < 4.78 is 17.9. The molecule has 0 aromatic rings. The Labute approximate surface area is 96.3 Å². The van der Waals surface area contributed by atoms with Gasteiger partial charge in [0.2, 0.25) is 0 Å². The van der Waals surface area contributed by atoms with Crippen LogP contribution in [0.4, 0.5) is 4.39 Å². The molecule has 0 unspecified atom stereocenters. The molecule has 16 heavy (non-hydrogen) atoms. The number of ether oxygens (including phenoxy) is 1. The van der Waals surface area contributed by atoms with Crippen molar-refractivity contribution in [3.63, 3.8) is 0 Å². The van der Waals surface area contributed by atoms with Gasteiger partial charge in [0.25, 0.3) is 0 Å². The van der Waals surface area contributed by atoms with Gasteiger partial charge in [-0.1, -0.05) is 6.08 Å². The van der Waals surface area contributed by atoms with Crippen LogP contribution in [0, 0.1) is 0 Å². The Morgan fingerprint density at radius 1 is 1.62 bits per heavy atom. The highest BCUT2D eigenvalue weighted by Gasteiger charge is 2.26. The van der Waals surface area contributed by atoms with Gasteiger partial charge in [-0.3, -0.25) is 4.90 Å². The van der Waals surface area contributed by atoms with E-state index in [-0.39, 0.29) is 12.0 Å². The van der Waals surface area contributed by atoms with Crippen LogP contribution in [0.1, 0.15) is 27.2 Å². The van der Waals surface area contributed by atoms with Crippen LogP contribution >= 0.6 is 0 Å². The standard InChI is InChI=1S/C12H20FNO2/c1-12(2,3)16-11(15)9-5-6-14(4)10(7-9)8-13/h5,10H,6-8H2,1-4H3/t10-/m0/s1. The second-order valence-electron chi connectivity index (χ2n) is 5.18. The number of alkyl halides is 1. The van der Waals surface area contributed by atoms with Crippen LogP contribution < -0.4 is 0 Å². The third-order valence-corrected chi connectivity index (χ3v) is 2.54. The zero-order valence-corrected chi connectivity index (χ0v) is 10.4. The number of likely N-dealkylation sites (N-methyl/N-ethyl adjacent to an activating group) is 1. The van der Waals surface area contributed by atoms with E-state index in [9.17, 15) is 9.18 Å². The summed E-state index contributed by atoms with van der Waals surface area (Å²) in [5.74, 6) is -0.320. The summed E-state index contributed by atoms with van der Waals surface area (Å²) in [6.07, 6.45) is 2.25. The Hall–Kier alpha value is -0.900. The van der Waals surface area contributed by atoms with Crippen molar-refractivity contribution in [1.82, 2.24) is 4.90 Å². The number of carbonyl (C=O) groups is 1. The summed E-state index contributed by atoms with van der Waals surface area (Å²) in [4.78, 5) is 13.6. The van der Waals surface area contributed by atoms with E-state index in [1.54, 1.807) is 0 Å². The van der Waals surface area contributed by atoms with Crippen molar-refractivity contribution in [1.29, 1.82) is 0 Å². The molecule has 0 N–H and O–H groups in total. The predicted molar refractivity (Wildman–Crippen MR) is 60.9 cm³/mol. The van der Waals surface area contributed by atoms with E-state index < -0.39 is 12.3 Å². The maximum atomic E-state index is 12.7. The van der Waals surface area contributed by atoms with E-state index >= 15 is 0 Å². The molecule has 0 radical (unpaired) electrons. The monoisotopic (exact) mass is 229 g/mol. The molecule has 1 heterocycles. The van der Waals surface area contributed by atoms with Gasteiger partial charge >= 0.3 is 5.97 Å². The summed E-state index contributed by atoms with van der Waals surface area (Å²) in [5.41, 5.74) is 0.0996. The molecule has 0 spiro atoms. The minimum atomic E-state index is -0.494. The van der Waals surface area contributed by atoms with Crippen LogP contribution in [-0.4, -0.2) is 42.8 Å². The molecule has 1 aliphatic heterocycles. The first-order valence-corrected chi connectivity index (χ1v) is 5.52. The molecule has 0 saturated carbocycles. The fourth-order valence-corrected chi connectivity index (χ4v) is 1.58. The van der Waals surface area contributed by atoms with Crippen LogP contribution in [0.3, 0.4) is 0 Å². The lowest BCUT2D eigenvalue weighted by Crippen LogP contribution is -2.39. The van der Waals surface area contributed by atoms with Crippen LogP contribution in [0.2, 0.25) is 0 Å². The topological polar surface area (TPSA) is 29.5 Å². The van der Waals surface area contributed by atoms with E-state index in [0.29, 0.717) is 18.5 Å². The number of halogens is 1. The molecule has 4 heteroatoms. The maximum Gasteiger partial charge on any atom is 0.334 e. The molecular formula is C12H20FNO2. The largest absolute Gasteiger partial charge is 0.457 e. The number of carbonyl (C=O) groups excluding carboxylic acids is 1. The first-order chi connectivity index (χ1) is 7.33. The second-order valence-corrected chi connectivity index (χ2v) is 5.18. The number of nitrogens with zero attached hydrogens (tertiary/aromatic N) is 1. The molecule has 0 bridgehead atoms. The summed E-state index contributed by atoms with van der Waals surface area (Å²) >= 11 is 0. The summed E-state index contributed by atoms with van der Waals surface area (Å²) in [6, 6.07) is -0.201. The Kier molecular flexibility index (Phi) is 4.08. The summed E-state index contributed by atoms with van der Waals surface area (Å²) in [6.45, 7) is 5.65. The molecule has 3 nitrogen and oxygen atoms in total. The minimum absolute atomic E-state index is 0.201. The highest BCUT2D eigenvalue weighted by atomic mass is 19.1. The van der Waals surface area contributed by atoms with Gasteiger partial charge in [-0.25, -0.2) is 9.18 Å². The Balaban J connectivity index is 2.64. The Bertz CT molecular complexity index is 294. The molecular weight excluding hydrogens is 209 g/mol. The van der Waals surface area contributed by atoms with Crippen LogP contribution in [-0.2, 0) is 9.53 Å². The molecule has 92 valence electrons. The van der Waals surface area contributed by atoms with Gasteiger partial charge in [-0.2, -0.15) is 0 Å². The number of hydrogen-bond acceptors (Lipinski definition) is 3. The maximum absolute atomic E-state index is 12.7. The molecule has 0 amide bonds. The zero-order valence-electron chi connectivity index (χ0n) is 10.4. The highest BCUT2D eigenvalue weighted by molar-refractivity contribution is 5.89. The highest BCUT2D eigenvalue weighted by Crippen LogP contribution is 2.20. The first kappa shape index (κ1) is 13.2. The minimum Gasteiger partial charge on any atom is -0.457 e. The van der Waals surface area contributed by atoms with Crippen molar-refractivity contribution in [2.24, 2.45) is 0 Å². The molecule has 0 saturated heterocycles. The van der Waals surface area contributed by atoms with Gasteiger partial charge in [-0.05, 0) is 34.2 Å². The van der Waals surface area contributed by atoms with Gasteiger partial charge in [0, 0.05) is 18.2 Å². The number of esters is 1. The van der Waals surface area contributed by atoms with E-state index in [2.05, 4.69) is 0 Å². The smallest absolute Gasteiger partial charge is 0.334 e. The fourth-order valence-electron chi connectivity index (χ4n) is 1.58. The molecule has 0 aromatic carbocycles. The average Bonchev–Trinajstić information content (AvgIpc) is 2.15. The lowest BCUT2D eigenvalue weighted by atomic mass is 10.0. The normalized spacial score (nSPS) is 22.8. The van der Waals surface area contributed by atoms with E-state index in [1.165, 1.54) is 0 Å². The molecule has 1 rings (SSSR count). The molecule has 1 atom stereocenters. The van der Waals surface area contributed by atoms with Crippen LogP contribution in [0.15, 0.2) is 11.6 Å².